The zero-order valence-corrected chi connectivity index (χ0v) is 22.3. The Morgan fingerprint density at radius 2 is 0.718 bits per heavy atom. The van der Waals surface area contributed by atoms with Gasteiger partial charge in [-0.05, 0) is 71.8 Å². The summed E-state index contributed by atoms with van der Waals surface area (Å²) in [6.07, 6.45) is 0. The van der Waals surface area contributed by atoms with Crippen LogP contribution in [-0.2, 0) is 9.13 Å². The van der Waals surface area contributed by atoms with Crippen LogP contribution in [0.15, 0.2) is 140 Å². The SMILES string of the molecule is O=[P+](Oc1ccccc1)Oc1ccc(-c2ccc(OP(=O)(Oc3ccccc3)Oc3ccccc3)cc2)cc1. The highest BCUT2D eigenvalue weighted by Gasteiger charge is 2.33. The van der Waals surface area contributed by atoms with Gasteiger partial charge in [-0.3, -0.25) is 0 Å². The number of hydrogen-bond donors (Lipinski definition) is 0. The fourth-order valence-corrected chi connectivity index (χ4v) is 5.37. The molecule has 0 bridgehead atoms. The zero-order chi connectivity index (χ0) is 26.9. The van der Waals surface area contributed by atoms with E-state index >= 15 is 0 Å². The van der Waals surface area contributed by atoms with Crippen LogP contribution in [-0.4, -0.2) is 0 Å². The van der Waals surface area contributed by atoms with Gasteiger partial charge >= 0.3 is 16.1 Å². The Hall–Kier alpha value is -4.57. The number of rotatable bonds is 11. The van der Waals surface area contributed by atoms with E-state index in [1.807, 2.05) is 42.5 Å². The van der Waals surface area contributed by atoms with E-state index in [1.165, 1.54) is 0 Å². The van der Waals surface area contributed by atoms with Gasteiger partial charge in [0.15, 0.2) is 11.5 Å². The number of benzene rings is 5. The molecular weight excluding hydrogens is 534 g/mol. The molecular formula is C30H23O7P2+. The third-order valence-electron chi connectivity index (χ3n) is 5.28. The largest absolute Gasteiger partial charge is 0.805 e. The van der Waals surface area contributed by atoms with Gasteiger partial charge in [0.1, 0.15) is 17.2 Å². The Morgan fingerprint density at radius 3 is 1.13 bits per heavy atom. The normalized spacial score (nSPS) is 11.2. The number of phosphoric acid groups is 1. The van der Waals surface area contributed by atoms with E-state index < -0.39 is 16.1 Å². The van der Waals surface area contributed by atoms with Crippen LogP contribution in [0.4, 0.5) is 0 Å². The second-order valence-corrected chi connectivity index (χ2v) is 10.4. The van der Waals surface area contributed by atoms with Crippen molar-refractivity contribution in [3.63, 3.8) is 0 Å². The first-order valence-electron chi connectivity index (χ1n) is 11.9. The van der Waals surface area contributed by atoms with Crippen LogP contribution >= 0.6 is 16.1 Å². The molecule has 194 valence electrons. The lowest BCUT2D eigenvalue weighted by Crippen LogP contribution is -2.07. The van der Waals surface area contributed by atoms with Gasteiger partial charge in [0.05, 0.1) is 0 Å². The van der Waals surface area contributed by atoms with Gasteiger partial charge in [0, 0.05) is 4.57 Å². The Bertz CT molecular complexity index is 1500. The summed E-state index contributed by atoms with van der Waals surface area (Å²) >= 11 is 0. The van der Waals surface area contributed by atoms with Crippen molar-refractivity contribution in [2.24, 2.45) is 0 Å². The quantitative estimate of drug-likeness (QED) is 0.150. The molecule has 0 N–H and O–H groups in total. The number of phosphoric ester groups is 1. The summed E-state index contributed by atoms with van der Waals surface area (Å²) in [5.41, 5.74) is 1.76. The molecule has 0 aliphatic rings. The van der Waals surface area contributed by atoms with Crippen LogP contribution in [0.25, 0.3) is 11.1 Å². The van der Waals surface area contributed by atoms with E-state index in [0.717, 1.165) is 11.1 Å². The summed E-state index contributed by atoms with van der Waals surface area (Å²) in [6.45, 7) is 0. The molecule has 5 aromatic rings. The average molecular weight is 557 g/mol. The van der Waals surface area contributed by atoms with Gasteiger partial charge < -0.3 is 13.6 Å². The topological polar surface area (TPSA) is 80.3 Å². The molecule has 0 fully saturated rings. The highest BCUT2D eigenvalue weighted by Crippen LogP contribution is 2.49. The van der Waals surface area contributed by atoms with E-state index in [4.69, 9.17) is 22.6 Å². The van der Waals surface area contributed by atoms with Crippen molar-refractivity contribution < 1.29 is 31.7 Å². The Morgan fingerprint density at radius 1 is 0.410 bits per heavy atom. The first kappa shape index (κ1) is 26.1. The fourth-order valence-electron chi connectivity index (χ4n) is 3.49. The first-order chi connectivity index (χ1) is 19.0. The molecule has 0 saturated carbocycles. The maximum atomic E-state index is 13.6. The van der Waals surface area contributed by atoms with Crippen molar-refractivity contribution in [2.45, 2.75) is 0 Å². The molecule has 0 saturated heterocycles. The molecule has 0 heterocycles. The summed E-state index contributed by atoms with van der Waals surface area (Å²) in [4.78, 5) is 0. The Kier molecular flexibility index (Phi) is 8.23. The molecule has 0 aliphatic carbocycles. The lowest BCUT2D eigenvalue weighted by molar-refractivity contribution is 0.298. The van der Waals surface area contributed by atoms with Gasteiger partial charge in [-0.1, -0.05) is 78.9 Å². The summed E-state index contributed by atoms with van der Waals surface area (Å²) in [6, 6.07) is 40.3. The van der Waals surface area contributed by atoms with Crippen molar-refractivity contribution in [3.05, 3.63) is 140 Å². The standard InChI is InChI=1S/C30H23O7P2/c31-38(33-26-10-4-1-5-11-26)34-27-20-16-24(17-21-27)25-18-22-30(23-19-25)37-39(32,35-28-12-6-2-7-13-28)36-29-14-8-3-9-15-29/h1-23H/q+1. The van der Waals surface area contributed by atoms with Gasteiger partial charge in [0.25, 0.3) is 0 Å². The maximum absolute atomic E-state index is 13.6. The zero-order valence-electron chi connectivity index (χ0n) is 20.5. The molecule has 7 nitrogen and oxygen atoms in total. The summed E-state index contributed by atoms with van der Waals surface area (Å²) in [5.74, 6) is 1.89. The van der Waals surface area contributed by atoms with E-state index in [2.05, 4.69) is 0 Å². The van der Waals surface area contributed by atoms with Gasteiger partial charge in [0.2, 0.25) is 0 Å². The van der Waals surface area contributed by atoms with Crippen LogP contribution in [0.2, 0.25) is 0 Å². The molecule has 0 amide bonds. The lowest BCUT2D eigenvalue weighted by atomic mass is 10.1. The van der Waals surface area contributed by atoms with Crippen LogP contribution in [0.1, 0.15) is 0 Å². The monoisotopic (exact) mass is 557 g/mol. The van der Waals surface area contributed by atoms with Crippen molar-refractivity contribution in [1.29, 1.82) is 0 Å². The molecule has 39 heavy (non-hydrogen) atoms. The van der Waals surface area contributed by atoms with E-state index in [0.29, 0.717) is 28.7 Å². The van der Waals surface area contributed by atoms with Crippen LogP contribution in [0.3, 0.4) is 0 Å². The average Bonchev–Trinajstić information content (AvgIpc) is 2.95. The highest BCUT2D eigenvalue weighted by molar-refractivity contribution is 7.49. The molecule has 0 aliphatic heterocycles. The van der Waals surface area contributed by atoms with E-state index in [9.17, 15) is 9.13 Å². The van der Waals surface area contributed by atoms with E-state index in [1.54, 1.807) is 97.1 Å². The smallest absolute Gasteiger partial charge is 0.386 e. The van der Waals surface area contributed by atoms with Crippen LogP contribution in [0.5, 0.6) is 28.7 Å². The molecule has 1 atom stereocenters. The molecule has 0 spiro atoms. The molecule has 5 aromatic carbocycles. The van der Waals surface area contributed by atoms with Crippen molar-refractivity contribution >= 4 is 16.1 Å². The Labute approximate surface area is 227 Å². The predicted octanol–water partition coefficient (Wildman–Crippen LogP) is 9.11. The van der Waals surface area contributed by atoms with Crippen molar-refractivity contribution in [2.75, 3.05) is 0 Å². The van der Waals surface area contributed by atoms with Gasteiger partial charge in [-0.25, -0.2) is 9.05 Å². The fraction of sp³-hybridized carbons (Fsp3) is 0. The molecule has 0 radical (unpaired) electrons. The Balaban J connectivity index is 1.26. The van der Waals surface area contributed by atoms with Crippen molar-refractivity contribution in [3.8, 4) is 39.9 Å². The van der Waals surface area contributed by atoms with E-state index in [-0.39, 0.29) is 0 Å². The maximum Gasteiger partial charge on any atom is 0.805 e. The first-order valence-corrected chi connectivity index (χ1v) is 14.5. The van der Waals surface area contributed by atoms with Crippen LogP contribution < -0.4 is 22.6 Å². The summed E-state index contributed by atoms with van der Waals surface area (Å²) in [7, 11) is -6.44. The summed E-state index contributed by atoms with van der Waals surface area (Å²) < 4.78 is 53.5. The van der Waals surface area contributed by atoms with Gasteiger partial charge in [-0.15, -0.1) is 0 Å². The molecule has 9 heteroatoms. The predicted molar refractivity (Wildman–Crippen MR) is 150 cm³/mol. The summed E-state index contributed by atoms with van der Waals surface area (Å²) in [5, 5.41) is 0. The number of para-hydroxylation sites is 3. The second-order valence-electron chi connectivity index (χ2n) is 8.12. The minimum absolute atomic E-state index is 0.309. The molecule has 0 aromatic heterocycles. The lowest BCUT2D eigenvalue weighted by Gasteiger charge is -2.19. The molecule has 1 unspecified atom stereocenters. The number of hydrogen-bond acceptors (Lipinski definition) is 7. The van der Waals surface area contributed by atoms with Crippen LogP contribution in [0, 0.1) is 0 Å². The van der Waals surface area contributed by atoms with Crippen molar-refractivity contribution in [1.82, 2.24) is 0 Å². The van der Waals surface area contributed by atoms with Gasteiger partial charge in [-0.2, -0.15) is 4.57 Å². The highest BCUT2D eigenvalue weighted by atomic mass is 31.2. The third-order valence-corrected chi connectivity index (χ3v) is 7.31. The molecule has 5 rings (SSSR count). The minimum atomic E-state index is -4.07. The third kappa shape index (κ3) is 7.48. The minimum Gasteiger partial charge on any atom is -0.386 e. The second kappa shape index (κ2) is 12.3.